The van der Waals surface area contributed by atoms with Crippen molar-refractivity contribution in [2.75, 3.05) is 10.6 Å². The molecule has 2 heterocycles. The van der Waals surface area contributed by atoms with E-state index in [1.54, 1.807) is 0 Å². The Kier molecular flexibility index (Phi) is 8.67. The Morgan fingerprint density at radius 1 is 0.466 bits per heavy atom. The summed E-state index contributed by atoms with van der Waals surface area (Å²) in [4.78, 5) is 0. The fourth-order valence-corrected chi connectivity index (χ4v) is 6.64. The van der Waals surface area contributed by atoms with Gasteiger partial charge < -0.3 is 20.1 Å². The molecule has 0 unspecified atom stereocenters. The summed E-state index contributed by atoms with van der Waals surface area (Å²) < 4.78 is 184. The first-order chi connectivity index (χ1) is 27.1. The average Bonchev–Trinajstić information content (AvgIpc) is 3.78. The van der Waals surface area contributed by atoms with E-state index in [0.29, 0.717) is 24.3 Å². The van der Waals surface area contributed by atoms with E-state index < -0.39 is 125 Å². The number of hydrogen-bond donors (Lipinski definition) is 2. The van der Waals surface area contributed by atoms with Gasteiger partial charge in [-0.3, -0.25) is 0 Å². The molecule has 20 heteroatoms. The molecule has 0 bridgehead atoms. The minimum Gasteiger partial charge on any atom is -0.436 e. The predicted octanol–water partition coefficient (Wildman–Crippen LogP) is 11.5. The molecule has 2 aliphatic rings. The molecular weight excluding hydrogens is 800 g/mol. The molecule has 0 aromatic heterocycles. The molecule has 0 atom stereocenters. The monoisotopic (exact) mass is 812 g/mol. The topological polar surface area (TPSA) is 138 Å². The van der Waals surface area contributed by atoms with E-state index in [-0.39, 0.29) is 23.5 Å². The Morgan fingerprint density at radius 3 is 1.10 bits per heavy atom. The molecule has 2 N–H and O–H groups in total. The van der Waals surface area contributed by atoms with E-state index in [0.717, 1.165) is 24.3 Å². The molecule has 0 saturated heterocycles. The Balaban J connectivity index is 1.78. The molecule has 0 spiro atoms. The second-order valence-corrected chi connectivity index (χ2v) is 12.3. The maximum absolute atomic E-state index is 14.9. The Labute approximate surface area is 315 Å². The lowest BCUT2D eigenvalue weighted by Crippen LogP contribution is -2.13. The van der Waals surface area contributed by atoms with E-state index in [1.807, 2.05) is 0 Å². The van der Waals surface area contributed by atoms with Gasteiger partial charge in [0.2, 0.25) is 11.8 Å². The van der Waals surface area contributed by atoms with E-state index in [9.17, 15) is 73.7 Å². The van der Waals surface area contributed by atoms with Crippen molar-refractivity contribution in [1.29, 1.82) is 21.0 Å². The van der Waals surface area contributed by atoms with Gasteiger partial charge in [-0.1, -0.05) is 24.3 Å². The maximum atomic E-state index is 14.9. The lowest BCUT2D eigenvalue weighted by atomic mass is 9.82. The molecule has 5 aromatic carbocycles. The van der Waals surface area contributed by atoms with Crippen LogP contribution in [0.5, 0.6) is 11.5 Å². The number of anilines is 2. The third-order valence-corrected chi connectivity index (χ3v) is 9.00. The summed E-state index contributed by atoms with van der Waals surface area (Å²) in [5, 5.41) is 41.0. The number of allylic oxidation sites excluding steroid dienone is 2. The van der Waals surface area contributed by atoms with Crippen LogP contribution in [0.1, 0.15) is 22.3 Å². The molecule has 0 saturated carbocycles. The SMILES string of the molecule is N#CC(C#N)=C1Nc2ccc3c(-c4ccc(C(F)(F)F)cc4C(F)(F)F)c4c5c(ccc4c(-c4ccc(C(F)(F)F)cc4C(F)(F)F)c3c2O1)NC(=C(C#N)C#N)O5. The summed E-state index contributed by atoms with van der Waals surface area (Å²) in [5.41, 5.74) is -12.4. The van der Waals surface area contributed by atoms with Crippen LogP contribution in [-0.4, -0.2) is 0 Å². The standard InChI is InChI=1S/C38H12F12N6O2/c39-35(40,41)17-1-3-19(23(9-17)37(45,46)47)27-21-5-7-26-32(58-34(56-26)16(13-53)14-54)30(21)28(20-4-2-18(36(42,43)44)10-24(20)38(48,49)50)22-6-8-25-31(29(22)27)57-33(55-25)15(11-51)12-52/h1-10,55-56H. The van der Waals surface area contributed by atoms with Crippen LogP contribution < -0.4 is 20.1 Å². The van der Waals surface area contributed by atoms with Gasteiger partial charge in [0.1, 0.15) is 24.3 Å². The highest BCUT2D eigenvalue weighted by atomic mass is 19.4. The molecule has 2 aliphatic heterocycles. The molecule has 0 amide bonds. The van der Waals surface area contributed by atoms with Gasteiger partial charge in [-0.25, -0.2) is 0 Å². The number of benzene rings is 5. The Morgan fingerprint density at radius 2 is 0.810 bits per heavy atom. The minimum atomic E-state index is -5.55. The van der Waals surface area contributed by atoms with Crippen LogP contribution in [0.4, 0.5) is 64.1 Å². The second-order valence-electron chi connectivity index (χ2n) is 12.3. The lowest BCUT2D eigenvalue weighted by Gasteiger charge is -2.24. The molecule has 8 nitrogen and oxygen atoms in total. The first-order valence-electron chi connectivity index (χ1n) is 15.8. The highest BCUT2D eigenvalue weighted by Gasteiger charge is 2.43. The Bertz CT molecular complexity index is 2670. The predicted molar refractivity (Wildman–Crippen MR) is 177 cm³/mol. The van der Waals surface area contributed by atoms with Crippen molar-refractivity contribution < 1.29 is 62.2 Å². The highest BCUT2D eigenvalue weighted by Crippen LogP contribution is 2.58. The largest absolute Gasteiger partial charge is 0.436 e. The van der Waals surface area contributed by atoms with Gasteiger partial charge in [0.25, 0.3) is 0 Å². The fraction of sp³-hybridized carbons (Fsp3) is 0.105. The quantitative estimate of drug-likeness (QED) is 0.102. The fourth-order valence-electron chi connectivity index (χ4n) is 6.64. The van der Waals surface area contributed by atoms with Crippen molar-refractivity contribution in [3.63, 3.8) is 0 Å². The van der Waals surface area contributed by atoms with Crippen molar-refractivity contribution in [2.45, 2.75) is 24.7 Å². The smallest absolute Gasteiger partial charge is 0.417 e. The van der Waals surface area contributed by atoms with Crippen LogP contribution in [0.15, 0.2) is 83.6 Å². The highest BCUT2D eigenvalue weighted by molar-refractivity contribution is 6.27. The average molecular weight is 813 g/mol. The number of nitrogens with zero attached hydrogens (tertiary/aromatic N) is 4. The summed E-state index contributed by atoms with van der Waals surface area (Å²) in [6.07, 6.45) is -21.7. The van der Waals surface area contributed by atoms with Crippen LogP contribution in [0.3, 0.4) is 0 Å². The first-order valence-corrected chi connectivity index (χ1v) is 15.8. The molecule has 58 heavy (non-hydrogen) atoms. The van der Waals surface area contributed by atoms with Crippen LogP contribution >= 0.6 is 0 Å². The zero-order valence-corrected chi connectivity index (χ0v) is 27.9. The molecule has 0 radical (unpaired) electrons. The summed E-state index contributed by atoms with van der Waals surface area (Å²) in [6.45, 7) is 0. The number of hydrogen-bond acceptors (Lipinski definition) is 8. The second kappa shape index (κ2) is 13.0. The summed E-state index contributed by atoms with van der Waals surface area (Å²) in [7, 11) is 0. The zero-order valence-electron chi connectivity index (χ0n) is 27.9. The van der Waals surface area contributed by atoms with E-state index in [1.165, 1.54) is 24.3 Å². The molecule has 290 valence electrons. The number of nitriles is 4. The van der Waals surface area contributed by atoms with Crippen molar-refractivity contribution in [3.8, 4) is 58.0 Å². The molecule has 0 aliphatic carbocycles. The van der Waals surface area contributed by atoms with E-state index >= 15 is 0 Å². The maximum Gasteiger partial charge on any atom is 0.417 e. The molecule has 7 rings (SSSR count). The van der Waals surface area contributed by atoms with Crippen LogP contribution in [0.2, 0.25) is 0 Å². The molecule has 5 aromatic rings. The van der Waals surface area contributed by atoms with Crippen molar-refractivity contribution in [3.05, 3.63) is 106 Å². The number of alkyl halides is 12. The van der Waals surface area contributed by atoms with E-state index in [2.05, 4.69) is 10.6 Å². The van der Waals surface area contributed by atoms with Crippen molar-refractivity contribution >= 4 is 32.9 Å². The molecular formula is C38H12F12N6O2. The summed E-state index contributed by atoms with van der Waals surface area (Å²) in [5.74, 6) is -2.27. The van der Waals surface area contributed by atoms with Crippen molar-refractivity contribution in [1.82, 2.24) is 0 Å². The summed E-state index contributed by atoms with van der Waals surface area (Å²) in [6, 6.07) is 11.4. The normalized spacial score (nSPS) is 13.6. The zero-order chi connectivity index (χ0) is 42.3. The van der Waals surface area contributed by atoms with Crippen LogP contribution in [0, 0.1) is 45.3 Å². The lowest BCUT2D eigenvalue weighted by molar-refractivity contribution is -0.144. The number of ether oxygens (including phenoxy) is 2. The summed E-state index contributed by atoms with van der Waals surface area (Å²) >= 11 is 0. The first kappa shape index (κ1) is 38.7. The number of fused-ring (bicyclic) bond motifs is 6. The van der Waals surface area contributed by atoms with Gasteiger partial charge in [0.05, 0.1) is 33.6 Å². The van der Waals surface area contributed by atoms with Gasteiger partial charge in [-0.2, -0.15) is 73.7 Å². The number of halogens is 12. The van der Waals surface area contributed by atoms with Gasteiger partial charge in [0, 0.05) is 21.9 Å². The number of rotatable bonds is 2. The van der Waals surface area contributed by atoms with Crippen LogP contribution in [0.25, 0.3) is 43.8 Å². The van der Waals surface area contributed by atoms with Crippen LogP contribution in [-0.2, 0) is 24.7 Å². The third kappa shape index (κ3) is 6.21. The van der Waals surface area contributed by atoms with Crippen molar-refractivity contribution in [2.24, 2.45) is 0 Å². The van der Waals surface area contributed by atoms with Gasteiger partial charge in [0.15, 0.2) is 22.6 Å². The third-order valence-electron chi connectivity index (χ3n) is 9.00. The molecule has 0 fully saturated rings. The van der Waals surface area contributed by atoms with Gasteiger partial charge in [-0.15, -0.1) is 0 Å². The minimum absolute atomic E-state index is 0.196. The number of nitrogens with one attached hydrogen (secondary N) is 2. The Hall–Kier alpha value is -7.58. The van der Waals surface area contributed by atoms with Gasteiger partial charge in [-0.05, 0) is 58.3 Å². The van der Waals surface area contributed by atoms with E-state index in [4.69, 9.17) is 9.47 Å². The van der Waals surface area contributed by atoms with Gasteiger partial charge >= 0.3 is 24.7 Å².